The number of carbonyl (C=O) groups excluding carboxylic acids is 2. The summed E-state index contributed by atoms with van der Waals surface area (Å²) in [5.74, 6) is -0.621. The van der Waals surface area contributed by atoms with Crippen molar-refractivity contribution in [2.75, 3.05) is 5.73 Å². The number of rotatable bonds is 5. The van der Waals surface area contributed by atoms with Crippen LogP contribution in [0, 0.1) is 17.2 Å². The fraction of sp³-hybridized carbons (Fsp3) is 0.167. The van der Waals surface area contributed by atoms with Gasteiger partial charge < -0.3 is 11.1 Å². The monoisotopic (exact) mass is 411 g/mol. The van der Waals surface area contributed by atoms with Gasteiger partial charge in [-0.25, -0.2) is 14.7 Å². The third-order valence-electron chi connectivity index (χ3n) is 5.40. The third kappa shape index (κ3) is 4.09. The number of aromatic nitrogens is 1. The van der Waals surface area contributed by atoms with Crippen LogP contribution >= 0.6 is 0 Å². The van der Waals surface area contributed by atoms with Crippen LogP contribution in [0.15, 0.2) is 79.0 Å². The summed E-state index contributed by atoms with van der Waals surface area (Å²) in [5, 5.41) is 12.6. The first-order chi connectivity index (χ1) is 15.1. The van der Waals surface area contributed by atoms with Crippen molar-refractivity contribution in [3.63, 3.8) is 0 Å². The van der Waals surface area contributed by atoms with Gasteiger partial charge in [-0.05, 0) is 35.2 Å². The van der Waals surface area contributed by atoms with Gasteiger partial charge in [-0.2, -0.15) is 5.26 Å². The van der Waals surface area contributed by atoms with Crippen molar-refractivity contribution < 1.29 is 9.59 Å². The van der Waals surface area contributed by atoms with Gasteiger partial charge in [-0.15, -0.1) is 0 Å². The van der Waals surface area contributed by atoms with Gasteiger partial charge in [0.15, 0.2) is 0 Å². The van der Waals surface area contributed by atoms with Crippen molar-refractivity contribution in [1.29, 1.82) is 5.26 Å². The van der Waals surface area contributed by atoms with E-state index in [1.165, 1.54) is 0 Å². The Morgan fingerprint density at radius 2 is 1.71 bits per heavy atom. The number of likely N-dealkylation sites (tertiary alicyclic amines) is 1. The lowest BCUT2D eigenvalue weighted by Gasteiger charge is -2.42. The van der Waals surface area contributed by atoms with E-state index in [0.717, 1.165) is 21.6 Å². The Morgan fingerprint density at radius 1 is 1.10 bits per heavy atom. The summed E-state index contributed by atoms with van der Waals surface area (Å²) >= 11 is 0. The van der Waals surface area contributed by atoms with E-state index in [1.807, 2.05) is 60.7 Å². The molecule has 7 heteroatoms. The number of carbonyl (C=O) groups is 2. The van der Waals surface area contributed by atoms with Gasteiger partial charge in [0.2, 0.25) is 5.91 Å². The van der Waals surface area contributed by atoms with Crippen molar-refractivity contribution in [3.05, 3.63) is 95.7 Å². The predicted molar refractivity (Wildman–Crippen MR) is 115 cm³/mol. The number of nitrogens with two attached hydrogens (primary N) is 1. The first-order valence-electron chi connectivity index (χ1n) is 9.92. The maximum absolute atomic E-state index is 13.0. The number of hydrogen-bond donors (Lipinski definition) is 2. The fourth-order valence-electron chi connectivity index (χ4n) is 3.84. The highest BCUT2D eigenvalue weighted by Crippen LogP contribution is 2.31. The number of nitrogen functional groups attached to an aromatic ring is 1. The molecule has 1 saturated heterocycles. The lowest BCUT2D eigenvalue weighted by atomic mass is 9.83. The van der Waals surface area contributed by atoms with E-state index in [4.69, 9.17) is 5.73 Å². The maximum atomic E-state index is 13.0. The van der Waals surface area contributed by atoms with E-state index in [1.54, 1.807) is 18.3 Å². The quantitative estimate of drug-likeness (QED) is 0.627. The molecule has 1 aliphatic rings. The van der Waals surface area contributed by atoms with Crippen LogP contribution in [0.25, 0.3) is 0 Å². The average Bonchev–Trinajstić information content (AvgIpc) is 2.80. The lowest BCUT2D eigenvalue weighted by Crippen LogP contribution is -2.65. The van der Waals surface area contributed by atoms with E-state index >= 15 is 0 Å². The van der Waals surface area contributed by atoms with Crippen LogP contribution in [0.2, 0.25) is 0 Å². The third-order valence-corrected chi connectivity index (χ3v) is 5.40. The maximum Gasteiger partial charge on any atom is 0.326 e. The molecule has 4 rings (SSSR count). The van der Waals surface area contributed by atoms with Crippen molar-refractivity contribution >= 4 is 17.8 Å². The van der Waals surface area contributed by atoms with Crippen LogP contribution in [-0.4, -0.2) is 27.9 Å². The summed E-state index contributed by atoms with van der Waals surface area (Å²) in [5.41, 5.74) is 8.27. The van der Waals surface area contributed by atoms with E-state index < -0.39 is 24.0 Å². The molecule has 0 aliphatic carbocycles. The second-order valence-electron chi connectivity index (χ2n) is 7.39. The number of anilines is 1. The molecule has 7 nitrogen and oxygen atoms in total. The van der Waals surface area contributed by atoms with E-state index in [9.17, 15) is 14.9 Å². The summed E-state index contributed by atoms with van der Waals surface area (Å²) < 4.78 is 0. The standard InChI is InChI=1S/C24H21N5O2/c25-15-20-19(13-16-11-12-27-21(26)14-16)23(30)29(20)24(31)28-22(17-7-3-1-4-8-17)18-9-5-2-6-10-18/h1-12,14,19-20,22H,13H2,(H2,26,27)(H,28,31)/t19-,20?/m1/s1. The molecule has 1 fully saturated rings. The molecular formula is C24H21N5O2. The molecule has 0 spiro atoms. The summed E-state index contributed by atoms with van der Waals surface area (Å²) in [6, 6.07) is 22.7. The molecule has 1 unspecified atom stereocenters. The van der Waals surface area contributed by atoms with Crippen LogP contribution < -0.4 is 11.1 Å². The average molecular weight is 411 g/mol. The predicted octanol–water partition coefficient (Wildman–Crippen LogP) is 3.06. The van der Waals surface area contributed by atoms with E-state index in [0.29, 0.717) is 12.2 Å². The van der Waals surface area contributed by atoms with E-state index in [-0.39, 0.29) is 5.91 Å². The van der Waals surface area contributed by atoms with Gasteiger partial charge in [0, 0.05) is 6.20 Å². The summed E-state index contributed by atoms with van der Waals surface area (Å²) in [6.07, 6.45) is 1.89. The molecule has 2 atom stereocenters. The largest absolute Gasteiger partial charge is 0.384 e. The smallest absolute Gasteiger partial charge is 0.326 e. The van der Waals surface area contributed by atoms with Gasteiger partial charge in [0.05, 0.1) is 18.0 Å². The number of nitrogens with zero attached hydrogens (tertiary/aromatic N) is 3. The number of nitrogens with one attached hydrogen (secondary N) is 1. The van der Waals surface area contributed by atoms with Gasteiger partial charge >= 0.3 is 6.03 Å². The first kappa shape index (κ1) is 20.1. The molecule has 0 bridgehead atoms. The van der Waals surface area contributed by atoms with Gasteiger partial charge in [0.25, 0.3) is 0 Å². The van der Waals surface area contributed by atoms with Crippen LogP contribution in [0.5, 0.6) is 0 Å². The highest BCUT2D eigenvalue weighted by molar-refractivity contribution is 6.02. The molecule has 3 N–H and O–H groups in total. The molecule has 1 aliphatic heterocycles. The van der Waals surface area contributed by atoms with Crippen molar-refractivity contribution in [2.24, 2.45) is 5.92 Å². The molecule has 31 heavy (non-hydrogen) atoms. The highest BCUT2D eigenvalue weighted by Gasteiger charge is 2.51. The van der Waals surface area contributed by atoms with Crippen LogP contribution in [0.3, 0.4) is 0 Å². The molecular weight excluding hydrogens is 390 g/mol. The number of β-lactam (4-membered cyclic amide) rings is 1. The zero-order valence-electron chi connectivity index (χ0n) is 16.7. The molecule has 3 aromatic rings. The van der Waals surface area contributed by atoms with Crippen molar-refractivity contribution in [1.82, 2.24) is 15.2 Å². The lowest BCUT2D eigenvalue weighted by molar-refractivity contribution is -0.146. The second kappa shape index (κ2) is 8.67. The Labute approximate surface area is 180 Å². The molecule has 3 amide bonds. The fourth-order valence-corrected chi connectivity index (χ4v) is 3.84. The minimum absolute atomic E-state index is 0.328. The number of urea groups is 1. The first-order valence-corrected chi connectivity index (χ1v) is 9.92. The number of hydrogen-bond acceptors (Lipinski definition) is 5. The van der Waals surface area contributed by atoms with E-state index in [2.05, 4.69) is 16.4 Å². The van der Waals surface area contributed by atoms with Crippen molar-refractivity contribution in [3.8, 4) is 6.07 Å². The minimum atomic E-state index is -0.839. The number of nitriles is 1. The highest BCUT2D eigenvalue weighted by atomic mass is 16.2. The molecule has 2 heterocycles. The van der Waals surface area contributed by atoms with Crippen LogP contribution in [-0.2, 0) is 11.2 Å². The Kier molecular flexibility index (Phi) is 5.63. The number of amides is 3. The Hall–Kier alpha value is -4.18. The molecule has 2 aromatic carbocycles. The number of pyridine rings is 1. The SMILES string of the molecule is N#CC1[C@@H](Cc2ccnc(N)c2)C(=O)N1C(=O)NC(c1ccccc1)c1ccccc1. The zero-order valence-corrected chi connectivity index (χ0v) is 16.7. The molecule has 0 radical (unpaired) electrons. The normalized spacial score (nSPS) is 17.7. The minimum Gasteiger partial charge on any atom is -0.384 e. The Balaban J connectivity index is 1.53. The van der Waals surface area contributed by atoms with Gasteiger partial charge in [-0.1, -0.05) is 60.7 Å². The molecule has 1 aromatic heterocycles. The summed E-state index contributed by atoms with van der Waals surface area (Å²) in [6.45, 7) is 0. The summed E-state index contributed by atoms with van der Waals surface area (Å²) in [4.78, 5) is 30.8. The van der Waals surface area contributed by atoms with Gasteiger partial charge in [0.1, 0.15) is 11.9 Å². The zero-order chi connectivity index (χ0) is 21.8. The number of imide groups is 1. The van der Waals surface area contributed by atoms with Crippen LogP contribution in [0.1, 0.15) is 22.7 Å². The molecule has 154 valence electrons. The Bertz CT molecular complexity index is 1090. The van der Waals surface area contributed by atoms with Gasteiger partial charge in [-0.3, -0.25) is 4.79 Å². The van der Waals surface area contributed by atoms with Crippen molar-refractivity contribution in [2.45, 2.75) is 18.5 Å². The number of benzene rings is 2. The molecule has 0 saturated carbocycles. The Morgan fingerprint density at radius 3 is 2.26 bits per heavy atom. The topological polar surface area (TPSA) is 112 Å². The van der Waals surface area contributed by atoms with Crippen LogP contribution in [0.4, 0.5) is 10.6 Å². The summed E-state index contributed by atoms with van der Waals surface area (Å²) in [7, 11) is 0. The second-order valence-corrected chi connectivity index (χ2v) is 7.39.